The van der Waals surface area contributed by atoms with E-state index in [1.165, 1.54) is 12.0 Å². The SMILES string of the molecule is COc1cc(C2(CN)CC2)c(O)c2c1CCCC2. The third-order valence-electron chi connectivity index (χ3n) is 4.62. The zero-order valence-electron chi connectivity index (χ0n) is 11.0. The Morgan fingerprint density at radius 1 is 1.28 bits per heavy atom. The van der Waals surface area contributed by atoms with Crippen LogP contribution in [0.4, 0.5) is 0 Å². The van der Waals surface area contributed by atoms with E-state index in [-0.39, 0.29) is 5.41 Å². The van der Waals surface area contributed by atoms with Gasteiger partial charge in [0, 0.05) is 28.7 Å². The molecule has 2 aliphatic carbocycles. The molecule has 0 heterocycles. The molecule has 0 saturated heterocycles. The minimum Gasteiger partial charge on any atom is -0.507 e. The lowest BCUT2D eigenvalue weighted by Crippen LogP contribution is -2.21. The van der Waals surface area contributed by atoms with Gasteiger partial charge in [-0.25, -0.2) is 0 Å². The van der Waals surface area contributed by atoms with Crippen molar-refractivity contribution in [3.05, 3.63) is 22.8 Å². The van der Waals surface area contributed by atoms with Crippen molar-refractivity contribution in [3.63, 3.8) is 0 Å². The number of phenols is 1. The van der Waals surface area contributed by atoms with Gasteiger partial charge in [0.15, 0.2) is 0 Å². The van der Waals surface area contributed by atoms with Gasteiger partial charge in [-0.1, -0.05) is 0 Å². The summed E-state index contributed by atoms with van der Waals surface area (Å²) in [7, 11) is 1.72. The van der Waals surface area contributed by atoms with E-state index in [0.717, 1.165) is 49.0 Å². The lowest BCUT2D eigenvalue weighted by molar-refractivity contribution is 0.396. The first-order valence-electron chi connectivity index (χ1n) is 6.84. The molecule has 0 radical (unpaired) electrons. The van der Waals surface area contributed by atoms with Crippen LogP contribution in [0, 0.1) is 0 Å². The van der Waals surface area contributed by atoms with Crippen molar-refractivity contribution in [3.8, 4) is 11.5 Å². The van der Waals surface area contributed by atoms with Crippen molar-refractivity contribution in [1.29, 1.82) is 0 Å². The summed E-state index contributed by atoms with van der Waals surface area (Å²) in [6, 6.07) is 2.03. The number of phenolic OH excluding ortho intramolecular Hbond substituents is 1. The molecule has 0 amide bonds. The fraction of sp³-hybridized carbons (Fsp3) is 0.600. The third-order valence-corrected chi connectivity index (χ3v) is 4.62. The van der Waals surface area contributed by atoms with Crippen molar-refractivity contribution >= 4 is 0 Å². The minimum absolute atomic E-state index is 0.0177. The average Bonchev–Trinajstić information content (AvgIpc) is 3.20. The molecule has 1 aromatic carbocycles. The molecule has 98 valence electrons. The summed E-state index contributed by atoms with van der Waals surface area (Å²) < 4.78 is 5.52. The largest absolute Gasteiger partial charge is 0.507 e. The van der Waals surface area contributed by atoms with Crippen LogP contribution in [0.1, 0.15) is 42.4 Å². The third kappa shape index (κ3) is 1.61. The van der Waals surface area contributed by atoms with Gasteiger partial charge in [0.1, 0.15) is 11.5 Å². The molecular weight excluding hydrogens is 226 g/mol. The number of fused-ring (bicyclic) bond motifs is 1. The number of ether oxygens (including phenoxy) is 1. The number of methoxy groups -OCH3 is 1. The van der Waals surface area contributed by atoms with Crippen molar-refractivity contribution in [1.82, 2.24) is 0 Å². The van der Waals surface area contributed by atoms with Crippen LogP contribution in [0.25, 0.3) is 0 Å². The Morgan fingerprint density at radius 3 is 2.50 bits per heavy atom. The van der Waals surface area contributed by atoms with Crippen LogP contribution in [0.5, 0.6) is 11.5 Å². The molecule has 0 aliphatic heterocycles. The predicted molar refractivity (Wildman–Crippen MR) is 71.3 cm³/mol. The smallest absolute Gasteiger partial charge is 0.123 e. The highest BCUT2D eigenvalue weighted by molar-refractivity contribution is 5.58. The molecule has 0 spiro atoms. The monoisotopic (exact) mass is 247 g/mol. The first-order valence-corrected chi connectivity index (χ1v) is 6.84. The van der Waals surface area contributed by atoms with Crippen LogP contribution in [-0.2, 0) is 18.3 Å². The number of nitrogens with two attached hydrogens (primary N) is 1. The molecule has 0 bridgehead atoms. The van der Waals surface area contributed by atoms with E-state index in [9.17, 15) is 5.11 Å². The molecule has 3 rings (SSSR count). The van der Waals surface area contributed by atoms with Gasteiger partial charge >= 0.3 is 0 Å². The van der Waals surface area contributed by atoms with Gasteiger partial charge in [0.25, 0.3) is 0 Å². The van der Waals surface area contributed by atoms with Crippen LogP contribution in [-0.4, -0.2) is 18.8 Å². The zero-order chi connectivity index (χ0) is 12.8. The first-order chi connectivity index (χ1) is 8.72. The highest BCUT2D eigenvalue weighted by Crippen LogP contribution is 2.53. The number of benzene rings is 1. The summed E-state index contributed by atoms with van der Waals surface area (Å²) >= 11 is 0. The summed E-state index contributed by atoms with van der Waals surface area (Å²) in [5, 5.41) is 10.6. The Morgan fingerprint density at radius 2 is 1.94 bits per heavy atom. The fourth-order valence-electron chi connectivity index (χ4n) is 3.21. The highest BCUT2D eigenvalue weighted by atomic mass is 16.5. The number of rotatable bonds is 3. The van der Waals surface area contributed by atoms with Gasteiger partial charge < -0.3 is 15.6 Å². The lowest BCUT2D eigenvalue weighted by atomic mass is 9.84. The molecule has 0 atom stereocenters. The maximum Gasteiger partial charge on any atom is 0.123 e. The van der Waals surface area contributed by atoms with Crippen molar-refractivity contribution in [2.45, 2.75) is 43.9 Å². The summed E-state index contributed by atoms with van der Waals surface area (Å²) in [6.07, 6.45) is 6.49. The molecule has 3 N–H and O–H groups in total. The lowest BCUT2D eigenvalue weighted by Gasteiger charge is -2.25. The summed E-state index contributed by atoms with van der Waals surface area (Å²) in [5.41, 5.74) is 9.23. The van der Waals surface area contributed by atoms with Crippen molar-refractivity contribution in [2.24, 2.45) is 5.73 Å². The Labute approximate surface area is 108 Å². The molecule has 0 aromatic heterocycles. The molecular formula is C15H21NO2. The fourth-order valence-corrected chi connectivity index (χ4v) is 3.21. The van der Waals surface area contributed by atoms with Gasteiger partial charge in [-0.2, -0.15) is 0 Å². The van der Waals surface area contributed by atoms with Crippen LogP contribution in [0.15, 0.2) is 6.07 Å². The Kier molecular flexibility index (Phi) is 2.74. The van der Waals surface area contributed by atoms with E-state index in [0.29, 0.717) is 12.3 Å². The first kappa shape index (κ1) is 11.8. The highest BCUT2D eigenvalue weighted by Gasteiger charge is 2.45. The van der Waals surface area contributed by atoms with Crippen molar-refractivity contribution < 1.29 is 9.84 Å². The summed E-state index contributed by atoms with van der Waals surface area (Å²) in [4.78, 5) is 0. The molecule has 3 nitrogen and oxygen atoms in total. The second-order valence-electron chi connectivity index (χ2n) is 5.62. The van der Waals surface area contributed by atoms with E-state index in [1.807, 2.05) is 6.07 Å². The van der Waals surface area contributed by atoms with Gasteiger partial charge in [-0.05, 0) is 44.6 Å². The van der Waals surface area contributed by atoms with Crippen LogP contribution in [0.2, 0.25) is 0 Å². The van der Waals surface area contributed by atoms with E-state index in [4.69, 9.17) is 10.5 Å². The minimum atomic E-state index is 0.0177. The van der Waals surface area contributed by atoms with Gasteiger partial charge in [-0.3, -0.25) is 0 Å². The Bertz CT molecular complexity index is 478. The summed E-state index contributed by atoms with van der Waals surface area (Å²) in [5.74, 6) is 1.44. The normalized spacial score (nSPS) is 20.3. The molecule has 3 heteroatoms. The molecule has 1 fully saturated rings. The average molecular weight is 247 g/mol. The molecule has 2 aliphatic rings. The predicted octanol–water partition coefficient (Wildman–Crippen LogP) is 2.27. The van der Waals surface area contributed by atoms with Crippen molar-refractivity contribution in [2.75, 3.05) is 13.7 Å². The summed E-state index contributed by atoms with van der Waals surface area (Å²) in [6.45, 7) is 0.614. The number of aromatic hydroxyl groups is 1. The molecule has 1 aromatic rings. The van der Waals surface area contributed by atoms with Crippen LogP contribution >= 0.6 is 0 Å². The van der Waals surface area contributed by atoms with Crippen LogP contribution in [0.3, 0.4) is 0 Å². The maximum atomic E-state index is 10.6. The quantitative estimate of drug-likeness (QED) is 0.861. The number of hydrogen-bond donors (Lipinski definition) is 2. The molecule has 1 saturated carbocycles. The Balaban J connectivity index is 2.16. The standard InChI is InChI=1S/C15H21NO2/c1-18-13-8-12(15(9-16)6-7-15)14(17)11-5-3-2-4-10(11)13/h8,17H,2-7,9,16H2,1H3. The van der Waals surface area contributed by atoms with Crippen LogP contribution < -0.4 is 10.5 Å². The molecule has 18 heavy (non-hydrogen) atoms. The molecule has 0 unspecified atom stereocenters. The van der Waals surface area contributed by atoms with E-state index < -0.39 is 0 Å². The van der Waals surface area contributed by atoms with E-state index in [1.54, 1.807) is 7.11 Å². The van der Waals surface area contributed by atoms with E-state index in [2.05, 4.69) is 0 Å². The zero-order valence-corrected chi connectivity index (χ0v) is 11.0. The second-order valence-corrected chi connectivity index (χ2v) is 5.62. The Hall–Kier alpha value is -1.22. The van der Waals surface area contributed by atoms with Gasteiger partial charge in [-0.15, -0.1) is 0 Å². The number of hydrogen-bond acceptors (Lipinski definition) is 3. The van der Waals surface area contributed by atoms with E-state index >= 15 is 0 Å². The van der Waals surface area contributed by atoms with Gasteiger partial charge in [0.2, 0.25) is 0 Å². The maximum absolute atomic E-state index is 10.6. The topological polar surface area (TPSA) is 55.5 Å². The second kappa shape index (κ2) is 4.16. The van der Waals surface area contributed by atoms with Gasteiger partial charge in [0.05, 0.1) is 7.11 Å².